The van der Waals surface area contributed by atoms with Crippen LogP contribution in [0.1, 0.15) is 20.3 Å². The fraction of sp³-hybridized carbons (Fsp3) is 1.00. The van der Waals surface area contributed by atoms with Crippen molar-refractivity contribution >= 4 is 12.6 Å². The Morgan fingerprint density at radius 1 is 1.30 bits per heavy atom. The third-order valence-corrected chi connectivity index (χ3v) is 4.68. The average Bonchev–Trinajstić information content (AvgIpc) is 2.47. The fourth-order valence-electron chi connectivity index (χ4n) is 3.15. The Morgan fingerprint density at radius 3 is 2.80 bits per heavy atom. The molecule has 0 saturated carbocycles. The van der Waals surface area contributed by atoms with Gasteiger partial charge in [0.2, 0.25) is 0 Å². The van der Waals surface area contributed by atoms with Gasteiger partial charge in [-0.15, -0.1) is 0 Å². The highest BCUT2D eigenvalue weighted by atomic mass is 32.1. The van der Waals surface area contributed by atoms with Crippen LogP contribution in [0.5, 0.6) is 0 Å². The number of morpholine rings is 2. The Labute approximate surface area is 127 Å². The van der Waals surface area contributed by atoms with Gasteiger partial charge in [-0.1, -0.05) is 0 Å². The highest BCUT2D eigenvalue weighted by Crippen LogP contribution is 2.19. The molecule has 0 radical (unpaired) electrons. The number of nitrogens with zero attached hydrogens (tertiary/aromatic N) is 2. The van der Waals surface area contributed by atoms with E-state index in [4.69, 9.17) is 9.47 Å². The van der Waals surface area contributed by atoms with Crippen LogP contribution in [0.4, 0.5) is 0 Å². The van der Waals surface area contributed by atoms with Crippen molar-refractivity contribution in [2.45, 2.75) is 43.8 Å². The van der Waals surface area contributed by atoms with Gasteiger partial charge >= 0.3 is 0 Å². The van der Waals surface area contributed by atoms with Crippen molar-refractivity contribution < 1.29 is 14.6 Å². The van der Waals surface area contributed by atoms with Crippen molar-refractivity contribution in [1.29, 1.82) is 0 Å². The number of ether oxygens (including phenoxy) is 2. The molecule has 2 aliphatic rings. The molecule has 0 aromatic rings. The molecule has 6 heteroatoms. The number of hydrogen-bond acceptors (Lipinski definition) is 6. The Hall–Kier alpha value is 0.150. The molecular formula is C14H28N2O3S. The zero-order valence-corrected chi connectivity index (χ0v) is 13.5. The molecule has 5 nitrogen and oxygen atoms in total. The zero-order valence-electron chi connectivity index (χ0n) is 12.6. The molecule has 20 heavy (non-hydrogen) atoms. The molecule has 0 amide bonds. The largest absolute Gasteiger partial charge is 0.395 e. The molecule has 0 aromatic heterocycles. The number of rotatable bonds is 5. The van der Waals surface area contributed by atoms with Crippen LogP contribution in [-0.2, 0) is 9.47 Å². The van der Waals surface area contributed by atoms with E-state index in [1.54, 1.807) is 0 Å². The van der Waals surface area contributed by atoms with Gasteiger partial charge in [-0.3, -0.25) is 9.80 Å². The quantitative estimate of drug-likeness (QED) is 0.722. The molecule has 2 saturated heterocycles. The van der Waals surface area contributed by atoms with Crippen molar-refractivity contribution in [3.05, 3.63) is 0 Å². The van der Waals surface area contributed by atoms with Crippen LogP contribution in [-0.4, -0.2) is 84.5 Å². The van der Waals surface area contributed by atoms with Crippen LogP contribution in [0.15, 0.2) is 0 Å². The Morgan fingerprint density at radius 2 is 2.10 bits per heavy atom. The lowest BCUT2D eigenvalue weighted by molar-refractivity contribution is -0.0736. The minimum absolute atomic E-state index is 0.127. The van der Waals surface area contributed by atoms with Gasteiger partial charge in [0, 0.05) is 25.7 Å². The van der Waals surface area contributed by atoms with Crippen molar-refractivity contribution in [3.8, 4) is 0 Å². The second kappa shape index (κ2) is 7.96. The predicted octanol–water partition coefficient (Wildman–Crippen LogP) is 0.435. The molecule has 0 aliphatic carbocycles. The molecule has 0 bridgehead atoms. The van der Waals surface area contributed by atoms with Crippen LogP contribution >= 0.6 is 12.6 Å². The highest BCUT2D eigenvalue weighted by Gasteiger charge is 2.30. The number of hydrogen-bond donors (Lipinski definition) is 2. The SMILES string of the molecule is CC(S)N1CCOC(CC(C)N2CCOCC2CO)C1. The van der Waals surface area contributed by atoms with Gasteiger partial charge in [0.15, 0.2) is 0 Å². The predicted molar refractivity (Wildman–Crippen MR) is 82.2 cm³/mol. The molecule has 0 aromatic carbocycles. The molecule has 118 valence electrons. The van der Waals surface area contributed by atoms with Crippen molar-refractivity contribution in [2.24, 2.45) is 0 Å². The summed E-state index contributed by atoms with van der Waals surface area (Å²) in [6.07, 6.45) is 1.25. The minimum Gasteiger partial charge on any atom is -0.395 e. The van der Waals surface area contributed by atoms with Crippen molar-refractivity contribution in [2.75, 3.05) is 46.1 Å². The monoisotopic (exact) mass is 304 g/mol. The van der Waals surface area contributed by atoms with Gasteiger partial charge in [0.25, 0.3) is 0 Å². The third kappa shape index (κ3) is 4.32. The maximum Gasteiger partial charge on any atom is 0.0717 e. The Kier molecular flexibility index (Phi) is 6.58. The summed E-state index contributed by atoms with van der Waals surface area (Å²) in [6, 6.07) is 0.526. The van der Waals surface area contributed by atoms with E-state index in [1.165, 1.54) is 0 Å². The van der Waals surface area contributed by atoms with E-state index in [-0.39, 0.29) is 24.1 Å². The van der Waals surface area contributed by atoms with E-state index in [0.29, 0.717) is 12.6 Å². The van der Waals surface area contributed by atoms with Gasteiger partial charge in [-0.2, -0.15) is 12.6 Å². The highest BCUT2D eigenvalue weighted by molar-refractivity contribution is 7.80. The van der Waals surface area contributed by atoms with Crippen LogP contribution in [0.2, 0.25) is 0 Å². The summed E-state index contributed by atoms with van der Waals surface area (Å²) >= 11 is 4.51. The first-order chi connectivity index (χ1) is 9.61. The Bertz CT molecular complexity index is 294. The summed E-state index contributed by atoms with van der Waals surface area (Å²) < 4.78 is 11.3. The first-order valence-corrected chi connectivity index (χ1v) is 8.11. The normalized spacial score (nSPS) is 33.0. The molecule has 0 spiro atoms. The summed E-state index contributed by atoms with van der Waals surface area (Å²) in [5.74, 6) is 0. The van der Waals surface area contributed by atoms with Gasteiger partial charge in [-0.25, -0.2) is 0 Å². The van der Waals surface area contributed by atoms with E-state index in [9.17, 15) is 5.11 Å². The maximum absolute atomic E-state index is 9.46. The minimum atomic E-state index is 0.127. The molecule has 4 unspecified atom stereocenters. The molecule has 2 rings (SSSR count). The maximum atomic E-state index is 9.46. The molecular weight excluding hydrogens is 276 g/mol. The van der Waals surface area contributed by atoms with E-state index in [0.717, 1.165) is 39.3 Å². The topological polar surface area (TPSA) is 45.2 Å². The van der Waals surface area contributed by atoms with Gasteiger partial charge in [0.1, 0.15) is 0 Å². The molecule has 2 fully saturated rings. The van der Waals surface area contributed by atoms with Gasteiger partial charge < -0.3 is 14.6 Å². The number of aliphatic hydroxyl groups is 1. The molecule has 1 N–H and O–H groups in total. The van der Waals surface area contributed by atoms with Gasteiger partial charge in [-0.05, 0) is 20.3 Å². The van der Waals surface area contributed by atoms with Crippen LogP contribution < -0.4 is 0 Å². The number of aliphatic hydroxyl groups excluding tert-OH is 1. The lowest BCUT2D eigenvalue weighted by Crippen LogP contribution is -2.53. The smallest absolute Gasteiger partial charge is 0.0717 e. The first-order valence-electron chi connectivity index (χ1n) is 7.60. The van der Waals surface area contributed by atoms with Crippen LogP contribution in [0.3, 0.4) is 0 Å². The lowest BCUT2D eigenvalue weighted by atomic mass is 10.0. The Balaban J connectivity index is 1.85. The number of thiol groups is 1. The zero-order chi connectivity index (χ0) is 14.5. The van der Waals surface area contributed by atoms with E-state index >= 15 is 0 Å². The molecule has 2 heterocycles. The standard InChI is InChI=1S/C14H28N2O3S/c1-11(16-4-5-18-10-13(16)9-17)7-14-8-15(12(2)20)3-6-19-14/h11-14,17,20H,3-10H2,1-2H3. The third-order valence-electron chi connectivity index (χ3n) is 4.35. The van der Waals surface area contributed by atoms with Crippen LogP contribution in [0, 0.1) is 0 Å². The first kappa shape index (κ1) is 16.5. The van der Waals surface area contributed by atoms with E-state index in [2.05, 4.69) is 36.3 Å². The fourth-order valence-corrected chi connectivity index (χ4v) is 3.36. The van der Waals surface area contributed by atoms with Crippen molar-refractivity contribution in [1.82, 2.24) is 9.80 Å². The van der Waals surface area contributed by atoms with E-state index < -0.39 is 0 Å². The lowest BCUT2D eigenvalue weighted by Gasteiger charge is -2.41. The summed E-state index contributed by atoms with van der Waals surface area (Å²) in [5, 5.41) is 9.74. The second-order valence-electron chi connectivity index (χ2n) is 5.85. The van der Waals surface area contributed by atoms with Crippen LogP contribution in [0.25, 0.3) is 0 Å². The molecule has 2 aliphatic heterocycles. The van der Waals surface area contributed by atoms with Gasteiger partial charge in [0.05, 0.1) is 43.9 Å². The summed E-state index contributed by atoms with van der Waals surface area (Å²) in [5.41, 5.74) is 0. The summed E-state index contributed by atoms with van der Waals surface area (Å²) in [7, 11) is 0. The van der Waals surface area contributed by atoms with Crippen molar-refractivity contribution in [3.63, 3.8) is 0 Å². The average molecular weight is 304 g/mol. The summed E-state index contributed by atoms with van der Waals surface area (Å²) in [4.78, 5) is 4.71. The molecule has 4 atom stereocenters. The van der Waals surface area contributed by atoms with E-state index in [1.807, 2.05) is 0 Å². The second-order valence-corrected chi connectivity index (χ2v) is 6.60. The summed E-state index contributed by atoms with van der Waals surface area (Å²) in [6.45, 7) is 9.48.